The predicted octanol–water partition coefficient (Wildman–Crippen LogP) is 2.75. The summed E-state index contributed by atoms with van der Waals surface area (Å²) in [6.07, 6.45) is 1.88. The number of hydrogen-bond donors (Lipinski definition) is 2. The van der Waals surface area contributed by atoms with Crippen LogP contribution in [-0.4, -0.2) is 48.2 Å². The highest BCUT2D eigenvalue weighted by atomic mass is 19.1. The van der Waals surface area contributed by atoms with E-state index in [0.29, 0.717) is 12.0 Å². The zero-order valence-corrected chi connectivity index (χ0v) is 17.6. The first-order valence-corrected chi connectivity index (χ1v) is 9.61. The number of amides is 1. The van der Waals surface area contributed by atoms with Gasteiger partial charge in [0.15, 0.2) is 5.75 Å². The maximum Gasteiger partial charge on any atom is 0.341 e. The smallest absolute Gasteiger partial charge is 0.341 e. The van der Waals surface area contributed by atoms with Gasteiger partial charge in [-0.15, -0.1) is 0 Å². The molecular weight excluding hydrogens is 419 g/mol. The summed E-state index contributed by atoms with van der Waals surface area (Å²) in [5.74, 6) is -2.96. The third-order valence-corrected chi connectivity index (χ3v) is 4.88. The molecule has 1 heterocycles. The molecule has 0 saturated carbocycles. The van der Waals surface area contributed by atoms with Gasteiger partial charge < -0.3 is 19.9 Å². The van der Waals surface area contributed by atoms with Gasteiger partial charge in [0.1, 0.15) is 22.9 Å². The van der Waals surface area contributed by atoms with Crippen LogP contribution >= 0.6 is 0 Å². The van der Waals surface area contributed by atoms with Crippen molar-refractivity contribution in [3.63, 3.8) is 0 Å². The lowest BCUT2D eigenvalue weighted by Crippen LogP contribution is -2.39. The molecule has 2 aromatic carbocycles. The fourth-order valence-electron chi connectivity index (χ4n) is 3.22. The van der Waals surface area contributed by atoms with Crippen LogP contribution < -0.4 is 5.32 Å². The van der Waals surface area contributed by atoms with Crippen molar-refractivity contribution < 1.29 is 33.4 Å². The zero-order chi connectivity index (χ0) is 23.4. The largest absolute Gasteiger partial charge is 0.505 e. The molecule has 0 aliphatic rings. The Morgan fingerprint density at radius 2 is 1.75 bits per heavy atom. The lowest BCUT2D eigenvalue weighted by atomic mass is 9.98. The molecular formula is C23H21FN2O6. The van der Waals surface area contributed by atoms with Crippen molar-refractivity contribution in [1.29, 1.82) is 0 Å². The Morgan fingerprint density at radius 3 is 2.38 bits per heavy atom. The van der Waals surface area contributed by atoms with E-state index >= 15 is 0 Å². The number of ether oxygens (including phenoxy) is 2. The number of pyridine rings is 1. The molecule has 9 heteroatoms. The Hall–Kier alpha value is -4.01. The van der Waals surface area contributed by atoms with Crippen LogP contribution in [0.2, 0.25) is 0 Å². The molecule has 0 aliphatic heterocycles. The Bertz CT molecular complexity index is 1190. The number of phenols is 1. The SMILES string of the molecule is COC(=O)c1cc(C(=O)N[C@@H](C)C(=O)OC)c2cc(Cc3ccc(F)cc3)cnc2c1O. The van der Waals surface area contributed by atoms with Gasteiger partial charge in [0.2, 0.25) is 0 Å². The van der Waals surface area contributed by atoms with Crippen molar-refractivity contribution in [2.24, 2.45) is 0 Å². The second-order valence-corrected chi connectivity index (χ2v) is 7.07. The van der Waals surface area contributed by atoms with Gasteiger partial charge in [0.05, 0.1) is 14.2 Å². The summed E-state index contributed by atoms with van der Waals surface area (Å²) in [6.45, 7) is 1.45. The lowest BCUT2D eigenvalue weighted by molar-refractivity contribution is -0.142. The molecule has 8 nitrogen and oxygen atoms in total. The number of aromatic nitrogens is 1. The Labute approximate surface area is 183 Å². The van der Waals surface area contributed by atoms with Crippen LogP contribution in [0.15, 0.2) is 42.6 Å². The quantitative estimate of drug-likeness (QED) is 0.567. The Morgan fingerprint density at radius 1 is 1.06 bits per heavy atom. The number of hydrogen-bond acceptors (Lipinski definition) is 7. The van der Waals surface area contributed by atoms with E-state index in [1.54, 1.807) is 18.2 Å². The van der Waals surface area contributed by atoms with E-state index < -0.39 is 29.6 Å². The molecule has 1 amide bonds. The summed E-state index contributed by atoms with van der Waals surface area (Å²) in [6, 6.07) is 7.81. The lowest BCUT2D eigenvalue weighted by Gasteiger charge is -2.15. The number of esters is 2. The first-order chi connectivity index (χ1) is 15.2. The molecule has 0 unspecified atom stereocenters. The molecule has 1 atom stereocenters. The number of aromatic hydroxyl groups is 1. The normalized spacial score (nSPS) is 11.6. The third-order valence-electron chi connectivity index (χ3n) is 4.88. The van der Waals surface area contributed by atoms with Crippen molar-refractivity contribution in [3.05, 3.63) is 70.7 Å². The van der Waals surface area contributed by atoms with E-state index in [2.05, 4.69) is 19.8 Å². The van der Waals surface area contributed by atoms with E-state index in [4.69, 9.17) is 0 Å². The van der Waals surface area contributed by atoms with Gasteiger partial charge in [-0.3, -0.25) is 9.78 Å². The van der Waals surface area contributed by atoms with Crippen LogP contribution in [0.3, 0.4) is 0 Å². The summed E-state index contributed by atoms with van der Waals surface area (Å²) in [5.41, 5.74) is 1.29. The average Bonchev–Trinajstić information content (AvgIpc) is 2.79. The number of halogens is 1. The molecule has 1 aromatic heterocycles. The average molecular weight is 440 g/mol. The van der Waals surface area contributed by atoms with Crippen LogP contribution in [-0.2, 0) is 20.7 Å². The van der Waals surface area contributed by atoms with E-state index in [0.717, 1.165) is 12.7 Å². The summed E-state index contributed by atoms with van der Waals surface area (Å²) < 4.78 is 22.5. The van der Waals surface area contributed by atoms with Crippen LogP contribution in [0.1, 0.15) is 38.8 Å². The van der Waals surface area contributed by atoms with Crippen molar-refractivity contribution in [2.45, 2.75) is 19.4 Å². The van der Waals surface area contributed by atoms with Gasteiger partial charge in [-0.2, -0.15) is 0 Å². The molecule has 0 radical (unpaired) electrons. The highest BCUT2D eigenvalue weighted by molar-refractivity contribution is 6.12. The molecule has 0 bridgehead atoms. The Kier molecular flexibility index (Phi) is 6.67. The second-order valence-electron chi connectivity index (χ2n) is 7.07. The van der Waals surface area contributed by atoms with E-state index in [-0.39, 0.29) is 27.8 Å². The number of nitrogens with one attached hydrogen (secondary N) is 1. The first kappa shape index (κ1) is 22.7. The van der Waals surface area contributed by atoms with Crippen molar-refractivity contribution in [1.82, 2.24) is 10.3 Å². The van der Waals surface area contributed by atoms with Crippen LogP contribution in [0.4, 0.5) is 4.39 Å². The molecule has 3 aromatic rings. The summed E-state index contributed by atoms with van der Waals surface area (Å²) in [5, 5.41) is 13.3. The standard InChI is InChI=1S/C23H21FN2O6/c1-12(22(29)31-2)26-21(28)17-10-18(23(30)32-3)20(27)19-16(17)9-14(11-25-19)8-13-4-6-15(24)7-5-13/h4-7,9-12,27H,8H2,1-3H3,(H,26,28)/t12-/m0/s1. The van der Waals surface area contributed by atoms with Gasteiger partial charge in [-0.1, -0.05) is 12.1 Å². The minimum atomic E-state index is -0.951. The fraction of sp³-hybridized carbons (Fsp3) is 0.217. The van der Waals surface area contributed by atoms with Gasteiger partial charge in [-0.05, 0) is 48.7 Å². The van der Waals surface area contributed by atoms with E-state index in [1.807, 2.05) is 0 Å². The van der Waals surface area contributed by atoms with Gasteiger partial charge >= 0.3 is 11.9 Å². The monoisotopic (exact) mass is 440 g/mol. The highest BCUT2D eigenvalue weighted by Crippen LogP contribution is 2.32. The Balaban J connectivity index is 2.11. The van der Waals surface area contributed by atoms with Crippen molar-refractivity contribution in [3.8, 4) is 5.75 Å². The van der Waals surface area contributed by atoms with Gasteiger partial charge in [-0.25, -0.2) is 14.0 Å². The minimum Gasteiger partial charge on any atom is -0.505 e. The summed E-state index contributed by atoms with van der Waals surface area (Å²) in [7, 11) is 2.34. The number of carbonyl (C=O) groups excluding carboxylic acids is 3. The molecule has 32 heavy (non-hydrogen) atoms. The number of nitrogens with zero attached hydrogens (tertiary/aromatic N) is 1. The highest BCUT2D eigenvalue weighted by Gasteiger charge is 2.24. The molecule has 3 rings (SSSR count). The maximum atomic E-state index is 13.2. The number of fused-ring (bicyclic) bond motifs is 1. The van der Waals surface area contributed by atoms with Crippen LogP contribution in [0.25, 0.3) is 10.9 Å². The fourth-order valence-corrected chi connectivity index (χ4v) is 3.22. The van der Waals surface area contributed by atoms with E-state index in [9.17, 15) is 23.9 Å². The topological polar surface area (TPSA) is 115 Å². The number of carbonyl (C=O) groups is 3. The number of benzene rings is 2. The summed E-state index contributed by atoms with van der Waals surface area (Å²) >= 11 is 0. The summed E-state index contributed by atoms with van der Waals surface area (Å²) in [4.78, 5) is 41.0. The molecule has 0 fully saturated rings. The number of rotatable bonds is 6. The molecule has 0 saturated heterocycles. The van der Waals surface area contributed by atoms with Crippen molar-refractivity contribution in [2.75, 3.05) is 14.2 Å². The third kappa shape index (κ3) is 4.66. The molecule has 2 N–H and O–H groups in total. The van der Waals surface area contributed by atoms with Gasteiger partial charge in [0.25, 0.3) is 5.91 Å². The number of methoxy groups -OCH3 is 2. The van der Waals surface area contributed by atoms with E-state index in [1.165, 1.54) is 38.4 Å². The first-order valence-electron chi connectivity index (χ1n) is 9.61. The van der Waals surface area contributed by atoms with Gasteiger partial charge in [0, 0.05) is 17.1 Å². The van der Waals surface area contributed by atoms with Crippen LogP contribution in [0, 0.1) is 5.82 Å². The number of phenolic OH excluding ortho intramolecular Hbond substituents is 1. The second kappa shape index (κ2) is 9.42. The molecule has 0 spiro atoms. The minimum absolute atomic E-state index is 0.0161. The zero-order valence-electron chi connectivity index (χ0n) is 17.6. The van der Waals surface area contributed by atoms with Crippen molar-refractivity contribution >= 4 is 28.7 Å². The van der Waals surface area contributed by atoms with Crippen LogP contribution in [0.5, 0.6) is 5.75 Å². The maximum absolute atomic E-state index is 13.2. The predicted molar refractivity (Wildman–Crippen MR) is 113 cm³/mol. The molecule has 166 valence electrons. The molecule has 0 aliphatic carbocycles.